The highest BCUT2D eigenvalue weighted by atomic mass is 16.4. The molecule has 1 N–H and O–H groups in total. The molecule has 0 atom stereocenters. The zero-order valence-electron chi connectivity index (χ0n) is 11.2. The van der Waals surface area contributed by atoms with Gasteiger partial charge in [0.15, 0.2) is 0 Å². The molecule has 0 fully saturated rings. The maximum absolute atomic E-state index is 12.0. The Hall–Kier alpha value is -1.85. The fourth-order valence-electron chi connectivity index (χ4n) is 1.39. The molecule has 0 saturated carbocycles. The molecule has 0 aromatic carbocycles. The van der Waals surface area contributed by atoms with Gasteiger partial charge in [0.05, 0.1) is 23.7 Å². The van der Waals surface area contributed by atoms with Gasteiger partial charge in [-0.1, -0.05) is 0 Å². The van der Waals surface area contributed by atoms with Crippen LogP contribution in [-0.2, 0) is 10.3 Å². The lowest BCUT2D eigenvalue weighted by Gasteiger charge is -2.19. The van der Waals surface area contributed by atoms with Crippen LogP contribution in [0.4, 0.5) is 0 Å². The molecule has 1 rings (SSSR count). The van der Waals surface area contributed by atoms with E-state index >= 15 is 0 Å². The van der Waals surface area contributed by atoms with E-state index in [4.69, 9.17) is 5.11 Å². The molecule has 18 heavy (non-hydrogen) atoms. The number of aliphatic carboxylic acids is 1. The van der Waals surface area contributed by atoms with Crippen molar-refractivity contribution in [1.29, 1.82) is 0 Å². The number of hydrogen-bond donors (Lipinski definition) is 1. The summed E-state index contributed by atoms with van der Waals surface area (Å²) in [6.07, 6.45) is 3.13. The Kier molecular flexibility index (Phi) is 4.11. The first-order valence-electron chi connectivity index (χ1n) is 5.74. The van der Waals surface area contributed by atoms with E-state index in [2.05, 4.69) is 5.10 Å². The van der Waals surface area contributed by atoms with Crippen LogP contribution in [-0.4, -0.2) is 45.3 Å². The monoisotopic (exact) mass is 253 g/mol. The number of carboxylic acid groups (broad SMARTS) is 1. The van der Waals surface area contributed by atoms with Gasteiger partial charge in [-0.05, 0) is 20.8 Å². The summed E-state index contributed by atoms with van der Waals surface area (Å²) in [5.74, 6) is -1.13. The number of carbonyl (C=O) groups excluding carboxylic acids is 1. The number of aromatic nitrogens is 2. The SMILES string of the molecule is CN(CCC(=O)O)C(=O)c1cnn(C(C)(C)C)c1. The van der Waals surface area contributed by atoms with Crippen molar-refractivity contribution in [3.8, 4) is 0 Å². The molecule has 6 heteroatoms. The average Bonchev–Trinajstić information content (AvgIpc) is 2.73. The number of hydrogen-bond acceptors (Lipinski definition) is 3. The molecule has 0 aliphatic rings. The molecule has 0 saturated heterocycles. The quantitative estimate of drug-likeness (QED) is 0.874. The van der Waals surface area contributed by atoms with Crippen molar-refractivity contribution >= 4 is 11.9 Å². The summed E-state index contributed by atoms with van der Waals surface area (Å²) in [6, 6.07) is 0. The van der Waals surface area contributed by atoms with Gasteiger partial charge < -0.3 is 10.0 Å². The van der Waals surface area contributed by atoms with Gasteiger partial charge in [-0.3, -0.25) is 14.3 Å². The van der Waals surface area contributed by atoms with Gasteiger partial charge in [-0.15, -0.1) is 0 Å². The summed E-state index contributed by atoms with van der Waals surface area (Å²) in [4.78, 5) is 23.8. The van der Waals surface area contributed by atoms with E-state index in [1.54, 1.807) is 17.9 Å². The lowest BCUT2D eigenvalue weighted by Crippen LogP contribution is -2.29. The van der Waals surface area contributed by atoms with Crippen LogP contribution in [0.3, 0.4) is 0 Å². The summed E-state index contributed by atoms with van der Waals surface area (Å²) >= 11 is 0. The standard InChI is InChI=1S/C12H19N3O3/c1-12(2,3)15-8-9(7-13-15)11(18)14(4)6-5-10(16)17/h7-8H,5-6H2,1-4H3,(H,16,17). The van der Waals surface area contributed by atoms with Crippen LogP contribution in [0.2, 0.25) is 0 Å². The van der Waals surface area contributed by atoms with Gasteiger partial charge in [-0.2, -0.15) is 5.10 Å². The Labute approximate surface area is 106 Å². The van der Waals surface area contributed by atoms with Gasteiger partial charge in [0.25, 0.3) is 5.91 Å². The second-order valence-corrected chi connectivity index (χ2v) is 5.21. The van der Waals surface area contributed by atoms with Crippen LogP contribution in [0, 0.1) is 0 Å². The van der Waals surface area contributed by atoms with Gasteiger partial charge in [0.1, 0.15) is 0 Å². The Bertz CT molecular complexity index is 446. The molecule has 1 aromatic heterocycles. The maximum Gasteiger partial charge on any atom is 0.305 e. The van der Waals surface area contributed by atoms with Crippen molar-refractivity contribution in [2.75, 3.05) is 13.6 Å². The van der Waals surface area contributed by atoms with Crippen LogP contribution in [0.1, 0.15) is 37.6 Å². The topological polar surface area (TPSA) is 75.4 Å². The second kappa shape index (κ2) is 5.20. The fraction of sp³-hybridized carbons (Fsp3) is 0.583. The zero-order valence-corrected chi connectivity index (χ0v) is 11.2. The third-order valence-corrected chi connectivity index (χ3v) is 2.52. The second-order valence-electron chi connectivity index (χ2n) is 5.21. The molecular weight excluding hydrogens is 234 g/mol. The number of amides is 1. The van der Waals surface area contributed by atoms with E-state index in [0.29, 0.717) is 5.56 Å². The van der Waals surface area contributed by atoms with E-state index in [0.717, 1.165) is 0 Å². The van der Waals surface area contributed by atoms with E-state index in [-0.39, 0.29) is 24.4 Å². The molecule has 1 aromatic rings. The number of carbonyl (C=O) groups is 2. The highest BCUT2D eigenvalue weighted by Gasteiger charge is 2.19. The molecule has 0 radical (unpaired) electrons. The van der Waals surface area contributed by atoms with Gasteiger partial charge in [0.2, 0.25) is 0 Å². The molecule has 0 spiro atoms. The van der Waals surface area contributed by atoms with Crippen molar-refractivity contribution in [3.63, 3.8) is 0 Å². The van der Waals surface area contributed by atoms with Crippen molar-refractivity contribution < 1.29 is 14.7 Å². The lowest BCUT2D eigenvalue weighted by molar-refractivity contribution is -0.137. The zero-order chi connectivity index (χ0) is 13.9. The third kappa shape index (κ3) is 3.58. The Morgan fingerprint density at radius 1 is 1.44 bits per heavy atom. The Morgan fingerprint density at radius 3 is 2.50 bits per heavy atom. The molecule has 100 valence electrons. The van der Waals surface area contributed by atoms with Crippen LogP contribution in [0.15, 0.2) is 12.4 Å². The van der Waals surface area contributed by atoms with Crippen molar-refractivity contribution in [3.05, 3.63) is 18.0 Å². The number of carboxylic acids is 1. The van der Waals surface area contributed by atoms with Crippen LogP contribution in [0.25, 0.3) is 0 Å². The predicted molar refractivity (Wildman–Crippen MR) is 66.4 cm³/mol. The average molecular weight is 253 g/mol. The highest BCUT2D eigenvalue weighted by Crippen LogP contribution is 2.14. The third-order valence-electron chi connectivity index (χ3n) is 2.52. The molecular formula is C12H19N3O3. The summed E-state index contributed by atoms with van der Waals surface area (Å²) in [5, 5.41) is 12.7. The molecule has 0 aliphatic heterocycles. The minimum absolute atomic E-state index is 0.0599. The Morgan fingerprint density at radius 2 is 2.06 bits per heavy atom. The lowest BCUT2D eigenvalue weighted by atomic mass is 10.1. The van der Waals surface area contributed by atoms with Gasteiger partial charge in [0, 0.05) is 19.8 Å². The maximum atomic E-state index is 12.0. The molecule has 0 unspecified atom stereocenters. The van der Waals surface area contributed by atoms with Crippen molar-refractivity contribution in [2.24, 2.45) is 0 Å². The van der Waals surface area contributed by atoms with E-state index in [1.165, 1.54) is 11.1 Å². The van der Waals surface area contributed by atoms with Gasteiger partial charge >= 0.3 is 5.97 Å². The van der Waals surface area contributed by atoms with E-state index in [1.807, 2.05) is 20.8 Å². The molecule has 0 bridgehead atoms. The minimum atomic E-state index is -0.917. The van der Waals surface area contributed by atoms with Crippen molar-refractivity contribution in [1.82, 2.24) is 14.7 Å². The summed E-state index contributed by atoms with van der Waals surface area (Å²) in [6.45, 7) is 6.15. The molecule has 1 heterocycles. The first-order valence-corrected chi connectivity index (χ1v) is 5.74. The predicted octanol–water partition coefficient (Wildman–Crippen LogP) is 1.18. The van der Waals surface area contributed by atoms with Crippen LogP contribution >= 0.6 is 0 Å². The molecule has 1 amide bonds. The summed E-state index contributed by atoms with van der Waals surface area (Å²) in [5.41, 5.74) is 0.288. The smallest absolute Gasteiger partial charge is 0.305 e. The summed E-state index contributed by atoms with van der Waals surface area (Å²) < 4.78 is 1.71. The highest BCUT2D eigenvalue weighted by molar-refractivity contribution is 5.93. The van der Waals surface area contributed by atoms with Crippen LogP contribution < -0.4 is 0 Å². The van der Waals surface area contributed by atoms with Crippen molar-refractivity contribution in [2.45, 2.75) is 32.7 Å². The minimum Gasteiger partial charge on any atom is -0.481 e. The normalized spacial score (nSPS) is 11.3. The summed E-state index contributed by atoms with van der Waals surface area (Å²) in [7, 11) is 1.58. The van der Waals surface area contributed by atoms with E-state index < -0.39 is 5.97 Å². The number of rotatable bonds is 4. The van der Waals surface area contributed by atoms with E-state index in [9.17, 15) is 9.59 Å². The first kappa shape index (κ1) is 14.2. The number of nitrogens with zero attached hydrogens (tertiary/aromatic N) is 3. The Balaban J connectivity index is 2.72. The molecule has 0 aliphatic carbocycles. The first-order chi connectivity index (χ1) is 8.21. The van der Waals surface area contributed by atoms with Gasteiger partial charge in [-0.25, -0.2) is 0 Å². The largest absolute Gasteiger partial charge is 0.481 e. The molecule has 6 nitrogen and oxygen atoms in total. The van der Waals surface area contributed by atoms with Crippen LogP contribution in [0.5, 0.6) is 0 Å². The fourth-order valence-corrected chi connectivity index (χ4v) is 1.39.